The van der Waals surface area contributed by atoms with E-state index >= 15 is 0 Å². The second-order valence-corrected chi connectivity index (χ2v) is 4.37. The van der Waals surface area contributed by atoms with Crippen molar-refractivity contribution in [3.8, 4) is 11.8 Å². The summed E-state index contributed by atoms with van der Waals surface area (Å²) in [5.74, 6) is -0.0764. The number of nitrogens with one attached hydrogen (secondary N) is 1. The highest BCUT2D eigenvalue weighted by Crippen LogP contribution is 2.17. The van der Waals surface area contributed by atoms with E-state index in [4.69, 9.17) is 10.00 Å². The van der Waals surface area contributed by atoms with Gasteiger partial charge in [-0.05, 0) is 35.9 Å². The molecule has 0 heterocycles. The van der Waals surface area contributed by atoms with Crippen molar-refractivity contribution >= 4 is 11.6 Å². The van der Waals surface area contributed by atoms with Crippen LogP contribution in [-0.4, -0.2) is 13.0 Å². The second kappa shape index (κ2) is 6.53. The molecule has 2 rings (SSSR count). The Labute approximate surface area is 121 Å². The van der Waals surface area contributed by atoms with Gasteiger partial charge < -0.3 is 10.1 Å². The Hall–Kier alpha value is -2.87. The fraction of sp³-hybridized carbons (Fsp3) is 0.125. The molecule has 5 heteroatoms. The zero-order chi connectivity index (χ0) is 15.2. The average molecular weight is 284 g/mol. The molecule has 0 aromatic heterocycles. The van der Waals surface area contributed by atoms with E-state index in [1.807, 2.05) is 6.07 Å². The molecule has 0 radical (unpaired) electrons. The molecule has 0 aliphatic heterocycles. The molecule has 0 unspecified atom stereocenters. The van der Waals surface area contributed by atoms with Crippen LogP contribution in [0.15, 0.2) is 42.5 Å². The van der Waals surface area contributed by atoms with E-state index in [0.29, 0.717) is 11.4 Å². The second-order valence-electron chi connectivity index (χ2n) is 4.37. The van der Waals surface area contributed by atoms with Crippen LogP contribution in [0.4, 0.5) is 10.1 Å². The molecule has 0 bridgehead atoms. The Bertz CT molecular complexity index is 690. The SMILES string of the molecule is COc1ccc(CC(=O)Nc2ccc(F)cc2C#N)cc1. The largest absolute Gasteiger partial charge is 0.497 e. The Balaban J connectivity index is 2.06. The van der Waals surface area contributed by atoms with Crippen molar-refractivity contribution in [2.45, 2.75) is 6.42 Å². The minimum absolute atomic E-state index is 0.0954. The standard InChI is InChI=1S/C16H13FN2O2/c1-21-14-5-2-11(3-6-14)8-16(20)19-15-7-4-13(17)9-12(15)10-18/h2-7,9H,8H2,1H3,(H,19,20). The average Bonchev–Trinajstić information content (AvgIpc) is 2.49. The molecule has 2 aromatic rings. The minimum atomic E-state index is -0.514. The van der Waals surface area contributed by atoms with E-state index in [-0.39, 0.29) is 17.9 Å². The molecule has 21 heavy (non-hydrogen) atoms. The van der Waals surface area contributed by atoms with Crippen LogP contribution in [0.3, 0.4) is 0 Å². The third kappa shape index (κ3) is 3.80. The molecule has 0 spiro atoms. The number of halogens is 1. The number of benzene rings is 2. The van der Waals surface area contributed by atoms with Gasteiger partial charge in [-0.1, -0.05) is 12.1 Å². The summed E-state index contributed by atoms with van der Waals surface area (Å²) in [7, 11) is 1.57. The van der Waals surface area contributed by atoms with Crippen molar-refractivity contribution in [1.29, 1.82) is 5.26 Å². The highest BCUT2D eigenvalue weighted by molar-refractivity contribution is 5.93. The summed E-state index contributed by atoms with van der Waals surface area (Å²) in [5.41, 5.74) is 1.21. The van der Waals surface area contributed by atoms with Crippen LogP contribution in [0.25, 0.3) is 0 Å². The van der Waals surface area contributed by atoms with Gasteiger partial charge in [0.25, 0.3) is 0 Å². The van der Waals surface area contributed by atoms with E-state index in [1.54, 1.807) is 31.4 Å². The summed E-state index contributed by atoms with van der Waals surface area (Å²) < 4.78 is 18.1. The van der Waals surface area contributed by atoms with Crippen LogP contribution in [0.2, 0.25) is 0 Å². The predicted octanol–water partition coefficient (Wildman–Crippen LogP) is 2.89. The van der Waals surface area contributed by atoms with E-state index in [9.17, 15) is 9.18 Å². The number of hydrogen-bond acceptors (Lipinski definition) is 3. The number of carbonyl (C=O) groups excluding carboxylic acids is 1. The van der Waals surface area contributed by atoms with Crippen molar-refractivity contribution in [3.63, 3.8) is 0 Å². The molecule has 0 fully saturated rings. The van der Waals surface area contributed by atoms with Gasteiger partial charge in [0.05, 0.1) is 24.8 Å². The van der Waals surface area contributed by atoms with Crippen molar-refractivity contribution in [2.24, 2.45) is 0 Å². The zero-order valence-electron chi connectivity index (χ0n) is 11.4. The summed E-state index contributed by atoms with van der Waals surface area (Å²) in [6.07, 6.45) is 0.159. The fourth-order valence-electron chi connectivity index (χ4n) is 1.84. The summed E-state index contributed by atoms with van der Waals surface area (Å²) in [6.45, 7) is 0. The number of carbonyl (C=O) groups is 1. The lowest BCUT2D eigenvalue weighted by Gasteiger charge is -2.07. The van der Waals surface area contributed by atoms with Crippen LogP contribution in [0.1, 0.15) is 11.1 Å². The molecule has 0 saturated carbocycles. The zero-order valence-corrected chi connectivity index (χ0v) is 11.4. The van der Waals surface area contributed by atoms with Gasteiger partial charge in [-0.25, -0.2) is 4.39 Å². The molecule has 2 aromatic carbocycles. The van der Waals surface area contributed by atoms with Crippen LogP contribution >= 0.6 is 0 Å². The highest BCUT2D eigenvalue weighted by atomic mass is 19.1. The van der Waals surface area contributed by atoms with Crippen molar-refractivity contribution in [3.05, 3.63) is 59.4 Å². The number of rotatable bonds is 4. The number of methoxy groups -OCH3 is 1. The molecular formula is C16H13FN2O2. The number of anilines is 1. The predicted molar refractivity (Wildman–Crippen MR) is 76.4 cm³/mol. The Kier molecular flexibility index (Phi) is 4.52. The number of nitriles is 1. The lowest BCUT2D eigenvalue weighted by atomic mass is 10.1. The molecule has 106 valence electrons. The van der Waals surface area contributed by atoms with E-state index in [0.717, 1.165) is 11.6 Å². The fourth-order valence-corrected chi connectivity index (χ4v) is 1.84. The minimum Gasteiger partial charge on any atom is -0.497 e. The molecule has 4 nitrogen and oxygen atoms in total. The maximum absolute atomic E-state index is 13.0. The maximum atomic E-state index is 13.0. The Morgan fingerprint density at radius 1 is 1.29 bits per heavy atom. The van der Waals surface area contributed by atoms with Gasteiger partial charge in [0.1, 0.15) is 17.6 Å². The third-order valence-corrected chi connectivity index (χ3v) is 2.90. The van der Waals surface area contributed by atoms with Gasteiger partial charge in [-0.2, -0.15) is 5.26 Å². The van der Waals surface area contributed by atoms with Gasteiger partial charge in [-0.15, -0.1) is 0 Å². The first-order chi connectivity index (χ1) is 10.1. The van der Waals surface area contributed by atoms with Gasteiger partial charge in [-0.3, -0.25) is 4.79 Å². The van der Waals surface area contributed by atoms with E-state index in [1.165, 1.54) is 12.1 Å². The molecule has 0 aliphatic carbocycles. The first-order valence-electron chi connectivity index (χ1n) is 6.25. The first kappa shape index (κ1) is 14.5. The molecule has 0 aliphatic rings. The lowest BCUT2D eigenvalue weighted by molar-refractivity contribution is -0.115. The lowest BCUT2D eigenvalue weighted by Crippen LogP contribution is -2.15. The van der Waals surface area contributed by atoms with Crippen LogP contribution < -0.4 is 10.1 Å². The normalized spacial score (nSPS) is 9.76. The molecule has 0 saturated heterocycles. The third-order valence-electron chi connectivity index (χ3n) is 2.90. The van der Waals surface area contributed by atoms with Crippen molar-refractivity contribution < 1.29 is 13.9 Å². The van der Waals surface area contributed by atoms with Gasteiger partial charge in [0, 0.05) is 0 Å². The van der Waals surface area contributed by atoms with Crippen LogP contribution in [0, 0.1) is 17.1 Å². The van der Waals surface area contributed by atoms with Crippen LogP contribution in [0.5, 0.6) is 5.75 Å². The summed E-state index contributed by atoms with van der Waals surface area (Å²) in [5, 5.41) is 11.5. The molecule has 1 amide bonds. The number of nitrogens with zero attached hydrogens (tertiary/aromatic N) is 1. The smallest absolute Gasteiger partial charge is 0.228 e. The quantitative estimate of drug-likeness (QED) is 0.939. The number of amides is 1. The Morgan fingerprint density at radius 3 is 2.62 bits per heavy atom. The first-order valence-corrected chi connectivity index (χ1v) is 6.25. The highest BCUT2D eigenvalue weighted by Gasteiger charge is 2.09. The van der Waals surface area contributed by atoms with Crippen LogP contribution in [-0.2, 0) is 11.2 Å². The van der Waals surface area contributed by atoms with E-state index < -0.39 is 5.82 Å². The summed E-state index contributed by atoms with van der Waals surface area (Å²) in [4.78, 5) is 11.9. The van der Waals surface area contributed by atoms with E-state index in [2.05, 4.69) is 5.32 Å². The number of hydrogen-bond donors (Lipinski definition) is 1. The number of ether oxygens (including phenoxy) is 1. The Morgan fingerprint density at radius 2 is 2.00 bits per heavy atom. The topological polar surface area (TPSA) is 62.1 Å². The van der Waals surface area contributed by atoms with Crippen molar-refractivity contribution in [2.75, 3.05) is 12.4 Å². The monoisotopic (exact) mass is 284 g/mol. The summed E-state index contributed by atoms with van der Waals surface area (Å²) >= 11 is 0. The molecular weight excluding hydrogens is 271 g/mol. The van der Waals surface area contributed by atoms with Crippen molar-refractivity contribution in [1.82, 2.24) is 0 Å². The van der Waals surface area contributed by atoms with Gasteiger partial charge in [0.15, 0.2) is 0 Å². The molecule has 1 N–H and O–H groups in total. The van der Waals surface area contributed by atoms with Gasteiger partial charge >= 0.3 is 0 Å². The van der Waals surface area contributed by atoms with Gasteiger partial charge in [0.2, 0.25) is 5.91 Å². The maximum Gasteiger partial charge on any atom is 0.228 e. The molecule has 0 atom stereocenters. The summed E-state index contributed by atoms with van der Waals surface area (Å²) in [6, 6.07) is 12.6.